The number of hydrogen-bond acceptors (Lipinski definition) is 22. The van der Waals surface area contributed by atoms with Crippen molar-refractivity contribution in [3.05, 3.63) is 45.8 Å². The maximum atomic E-state index is 14.5. The van der Waals surface area contributed by atoms with Crippen LogP contribution in [0.2, 0.25) is 0 Å². The number of imidazole rings is 1. The summed E-state index contributed by atoms with van der Waals surface area (Å²) in [5.41, 5.74) is 5.06. The van der Waals surface area contributed by atoms with E-state index in [1.807, 2.05) is 0 Å². The molecule has 3 aliphatic heterocycles. The van der Waals surface area contributed by atoms with Crippen molar-refractivity contribution in [1.29, 1.82) is 0 Å². The first-order chi connectivity index (χ1) is 26.6. The van der Waals surface area contributed by atoms with Gasteiger partial charge in [0.15, 0.2) is 17.4 Å². The fourth-order valence-corrected chi connectivity index (χ4v) is 9.67. The Kier molecular flexibility index (Phi) is 13.2. The number of aromatic amines is 1. The topological polar surface area (TPSA) is 294 Å². The molecule has 6 heterocycles. The minimum absolute atomic E-state index is 0.0709. The van der Waals surface area contributed by atoms with Gasteiger partial charge in [-0.25, -0.2) is 43.0 Å². The molecule has 3 N–H and O–H groups in total. The lowest BCUT2D eigenvalue weighted by Gasteiger charge is -2.29. The molecule has 24 nitrogen and oxygen atoms in total. The lowest BCUT2D eigenvalue weighted by molar-refractivity contribution is -0.0723. The quantitative estimate of drug-likeness (QED) is 0.168. The van der Waals surface area contributed by atoms with Crippen LogP contribution in [0.4, 0.5) is 15.4 Å². The molecule has 0 saturated carbocycles. The number of carbonyl (C=O) groups excluding carboxylic acids is 2. The molecule has 3 aliphatic rings. The van der Waals surface area contributed by atoms with Gasteiger partial charge in [0.05, 0.1) is 31.7 Å². The van der Waals surface area contributed by atoms with Crippen molar-refractivity contribution in [2.45, 2.75) is 89.6 Å². The van der Waals surface area contributed by atoms with E-state index in [2.05, 4.69) is 19.9 Å². The molecular formula is C29H39N7O17P2S. The van der Waals surface area contributed by atoms with E-state index < -0.39 is 113 Å². The summed E-state index contributed by atoms with van der Waals surface area (Å²) in [6, 6.07) is 1.09. The number of nitrogens with one attached hydrogen (secondary N) is 1. The minimum Gasteiger partial charge on any atom is -0.432 e. The molecule has 0 aliphatic carbocycles. The Labute approximate surface area is 320 Å². The van der Waals surface area contributed by atoms with Crippen LogP contribution >= 0.6 is 26.0 Å². The number of aromatic nitrogens is 6. The highest BCUT2D eigenvalue weighted by Crippen LogP contribution is 2.64. The second-order valence-electron chi connectivity index (χ2n) is 12.7. The van der Waals surface area contributed by atoms with Crippen molar-refractivity contribution < 1.29 is 69.8 Å². The van der Waals surface area contributed by atoms with Gasteiger partial charge in [-0.2, -0.15) is 0 Å². The molecule has 8 atom stereocenters. The van der Waals surface area contributed by atoms with Crippen molar-refractivity contribution in [1.82, 2.24) is 29.1 Å². The van der Waals surface area contributed by atoms with E-state index in [-0.39, 0.29) is 24.2 Å². The molecule has 3 aromatic heterocycles. The number of nitrogens with zero attached hydrogens (tertiary/aromatic N) is 5. The normalized spacial score (nSPS) is 29.6. The third-order valence-electron chi connectivity index (χ3n) is 7.98. The van der Waals surface area contributed by atoms with Gasteiger partial charge in [-0.05, 0) is 27.7 Å². The molecule has 6 rings (SSSR count). The Hall–Kier alpha value is -3.90. The smallest absolute Gasteiger partial charge is 0.432 e. The fraction of sp³-hybridized carbons (Fsp3) is 0.621. The van der Waals surface area contributed by atoms with E-state index in [9.17, 15) is 28.3 Å². The van der Waals surface area contributed by atoms with Crippen molar-refractivity contribution >= 4 is 55.3 Å². The Morgan fingerprint density at radius 3 is 2.23 bits per heavy atom. The molecule has 27 heteroatoms. The van der Waals surface area contributed by atoms with Crippen LogP contribution in [0, 0.1) is 0 Å². The first kappa shape index (κ1) is 41.7. The van der Waals surface area contributed by atoms with Crippen molar-refractivity contribution in [2.75, 3.05) is 31.7 Å². The van der Waals surface area contributed by atoms with Crippen LogP contribution in [0.15, 0.2) is 34.5 Å². The third kappa shape index (κ3) is 10.3. The summed E-state index contributed by atoms with van der Waals surface area (Å²) < 4.78 is 92.7. The lowest BCUT2D eigenvalue weighted by atomic mass is 10.2. The van der Waals surface area contributed by atoms with Gasteiger partial charge in [0, 0.05) is 36.5 Å². The Morgan fingerprint density at radius 2 is 1.55 bits per heavy atom. The van der Waals surface area contributed by atoms with Gasteiger partial charge >= 0.3 is 32.6 Å². The molecule has 0 spiro atoms. The summed E-state index contributed by atoms with van der Waals surface area (Å²) in [4.78, 5) is 63.2. The zero-order chi connectivity index (χ0) is 40.2. The Bertz CT molecular complexity index is 2100. The molecule has 3 fully saturated rings. The van der Waals surface area contributed by atoms with Crippen LogP contribution in [0.25, 0.3) is 11.2 Å². The first-order valence-corrected chi connectivity index (χ1v) is 21.6. The molecule has 308 valence electrons. The Morgan fingerprint density at radius 1 is 0.911 bits per heavy atom. The molecule has 56 heavy (non-hydrogen) atoms. The lowest BCUT2D eigenvalue weighted by Crippen LogP contribution is -2.33. The van der Waals surface area contributed by atoms with Gasteiger partial charge in [-0.3, -0.25) is 37.0 Å². The third-order valence-corrected chi connectivity index (χ3v) is 12.8. The average Bonchev–Trinajstić information content (AvgIpc) is 3.83. The highest BCUT2D eigenvalue weighted by atomic mass is 32.7. The van der Waals surface area contributed by atoms with E-state index in [0.717, 1.165) is 10.6 Å². The van der Waals surface area contributed by atoms with Crippen molar-refractivity contribution in [3.63, 3.8) is 0 Å². The van der Waals surface area contributed by atoms with Crippen LogP contribution < -0.4 is 17.0 Å². The van der Waals surface area contributed by atoms with Gasteiger partial charge in [0.25, 0.3) is 5.56 Å². The molecular weight excluding hydrogens is 812 g/mol. The highest BCUT2D eigenvalue weighted by molar-refractivity contribution is 8.55. The first-order valence-electron chi connectivity index (χ1n) is 17.0. The fourth-order valence-electron chi connectivity index (χ4n) is 5.59. The van der Waals surface area contributed by atoms with E-state index in [1.54, 1.807) is 27.7 Å². The van der Waals surface area contributed by atoms with E-state index in [4.69, 9.17) is 56.8 Å². The summed E-state index contributed by atoms with van der Waals surface area (Å²) >= 11 is 0.504. The van der Waals surface area contributed by atoms with Crippen LogP contribution in [-0.4, -0.2) is 104 Å². The maximum Gasteiger partial charge on any atom is 0.510 e. The number of hydrogen-bond donors (Lipinski definition) is 2. The van der Waals surface area contributed by atoms with Gasteiger partial charge in [0.2, 0.25) is 6.79 Å². The number of phosphoric acid groups is 1. The average molecular weight is 852 g/mol. The van der Waals surface area contributed by atoms with Crippen LogP contribution in [0.3, 0.4) is 0 Å². The van der Waals surface area contributed by atoms with Crippen LogP contribution in [0.5, 0.6) is 0 Å². The summed E-state index contributed by atoms with van der Waals surface area (Å²) in [5, 5.41) is 0. The molecule has 0 bridgehead atoms. The summed E-state index contributed by atoms with van der Waals surface area (Å²) in [6.45, 7) is -0.0811. The zero-order valence-corrected chi connectivity index (χ0v) is 32.8. The number of nitrogen functional groups attached to an aromatic ring is 1. The number of anilines is 1. The van der Waals surface area contributed by atoms with Gasteiger partial charge in [0.1, 0.15) is 48.7 Å². The van der Waals surface area contributed by atoms with Crippen molar-refractivity contribution in [3.8, 4) is 0 Å². The second kappa shape index (κ2) is 17.7. The van der Waals surface area contributed by atoms with E-state index in [0.29, 0.717) is 17.0 Å². The SMILES string of the molecule is CC(C)OC(=O)OCOP1(=O)OC[C@H]2O[C@@H](n3ccc(=O)[nH]c3=O)C[C@@H]2OP(=O)(SCOC(=O)OC(C)C)OC[C@H]2O[C@@H](n3cnc4c(N)ncnc43)C[C@@H]2O1. The second-order valence-corrected chi connectivity index (χ2v) is 18.3. The number of rotatable bonds is 10. The molecule has 0 amide bonds. The number of phosphoric ester groups is 1. The van der Waals surface area contributed by atoms with E-state index in [1.165, 1.54) is 23.4 Å². The van der Waals surface area contributed by atoms with E-state index >= 15 is 0 Å². The molecule has 3 aromatic rings. The largest absolute Gasteiger partial charge is 0.510 e. The Balaban J connectivity index is 1.30. The molecule has 3 saturated heterocycles. The monoisotopic (exact) mass is 851 g/mol. The molecule has 0 radical (unpaired) electrons. The number of fused-ring (bicyclic) bond motifs is 3. The predicted molar refractivity (Wildman–Crippen MR) is 189 cm³/mol. The van der Waals surface area contributed by atoms with Gasteiger partial charge < -0.3 is 34.2 Å². The summed E-state index contributed by atoms with van der Waals surface area (Å²) in [5.74, 6) is -0.436. The van der Waals surface area contributed by atoms with Gasteiger partial charge in [-0.1, -0.05) is 0 Å². The summed E-state index contributed by atoms with van der Waals surface area (Å²) in [6.07, 6.45) is -6.50. The number of ether oxygens (including phenoxy) is 6. The van der Waals surface area contributed by atoms with Crippen molar-refractivity contribution in [2.24, 2.45) is 0 Å². The number of H-pyrrole nitrogens is 1. The zero-order valence-electron chi connectivity index (χ0n) is 30.2. The van der Waals surface area contributed by atoms with Crippen LogP contribution in [-0.2, 0) is 60.2 Å². The summed E-state index contributed by atoms with van der Waals surface area (Å²) in [7, 11) is -4.75. The number of nitrogens with two attached hydrogens (primary N) is 1. The van der Waals surface area contributed by atoms with Crippen LogP contribution in [0.1, 0.15) is 53.0 Å². The maximum absolute atomic E-state index is 14.5. The molecule has 2 unspecified atom stereocenters. The highest BCUT2D eigenvalue weighted by Gasteiger charge is 2.49. The molecule has 0 aromatic carbocycles. The number of carbonyl (C=O) groups is 2. The standard InChI is InChI=1S/C29H39N7O17P2S/c1-15(2)48-28(39)43-13-47-54(41)45-9-19-18(8-22(50-19)35-6-5-21(37)34-27(35)38)53-55(42,56-14-44-29(40)49-16(3)4)46-10-20-17(52-54)7-23(51-20)36-12-33-24-25(30)31-11-32-26(24)36/h5-6,11-12,15-20,22-23H,7-10,13-14H2,1-4H3,(H2,30,31,32)(H,34,37,38)/t17-,18-,19+,20+,22+,23+,54?,55?/m0/s1. The minimum atomic E-state index is -4.75. The predicted octanol–water partition coefficient (Wildman–Crippen LogP) is 3.36. The van der Waals surface area contributed by atoms with Gasteiger partial charge in [-0.15, -0.1) is 0 Å².